The molecule has 2 heteroatoms. The van der Waals surface area contributed by atoms with Gasteiger partial charge in [-0.25, -0.2) is 0 Å². The van der Waals surface area contributed by atoms with Crippen molar-refractivity contribution in [3.8, 4) is 0 Å². The minimum atomic E-state index is 0.961. The molecule has 1 aromatic carbocycles. The van der Waals surface area contributed by atoms with Crippen LogP contribution in [0.15, 0.2) is 24.3 Å². The maximum absolute atomic E-state index is 3.67. The van der Waals surface area contributed by atoms with Gasteiger partial charge in [-0.05, 0) is 49.3 Å². The van der Waals surface area contributed by atoms with Gasteiger partial charge in [0.25, 0.3) is 0 Å². The van der Waals surface area contributed by atoms with Crippen molar-refractivity contribution in [3.63, 3.8) is 0 Å². The van der Waals surface area contributed by atoms with Gasteiger partial charge in [0, 0.05) is 26.2 Å². The highest BCUT2D eigenvalue weighted by atomic mass is 15.1. The van der Waals surface area contributed by atoms with E-state index in [1.807, 2.05) is 0 Å². The van der Waals surface area contributed by atoms with Gasteiger partial charge in [0.1, 0.15) is 0 Å². The molecule has 0 radical (unpaired) electrons. The number of hydrogen-bond donors (Lipinski definition) is 1. The molecule has 0 bridgehead atoms. The number of hydrogen-bond acceptors (Lipinski definition) is 2. The van der Waals surface area contributed by atoms with E-state index in [0.29, 0.717) is 0 Å². The fourth-order valence-corrected chi connectivity index (χ4v) is 3.70. The minimum Gasteiger partial charge on any atom is -0.315 e. The summed E-state index contributed by atoms with van der Waals surface area (Å²) in [7, 11) is 0. The van der Waals surface area contributed by atoms with E-state index in [9.17, 15) is 0 Å². The van der Waals surface area contributed by atoms with Crippen LogP contribution in [0.4, 0.5) is 0 Å². The Morgan fingerprint density at radius 2 is 1.65 bits per heavy atom. The normalized spacial score (nSPS) is 20.8. The van der Waals surface area contributed by atoms with Crippen LogP contribution in [0.1, 0.15) is 36.8 Å². The minimum absolute atomic E-state index is 0.961. The van der Waals surface area contributed by atoms with E-state index >= 15 is 0 Å². The summed E-state index contributed by atoms with van der Waals surface area (Å²) >= 11 is 0. The Kier molecular flexibility index (Phi) is 5.10. The third-order valence-corrected chi connectivity index (χ3v) is 5.03. The Hall–Kier alpha value is -0.860. The number of rotatable bonds is 5. The van der Waals surface area contributed by atoms with E-state index in [1.54, 1.807) is 11.1 Å². The van der Waals surface area contributed by atoms with Gasteiger partial charge in [-0.15, -0.1) is 0 Å². The van der Waals surface area contributed by atoms with Gasteiger partial charge < -0.3 is 10.2 Å². The molecule has 0 spiro atoms. The van der Waals surface area contributed by atoms with Crippen LogP contribution < -0.4 is 5.32 Å². The summed E-state index contributed by atoms with van der Waals surface area (Å²) < 4.78 is 0. The number of nitrogens with one attached hydrogen (secondary N) is 1. The summed E-state index contributed by atoms with van der Waals surface area (Å²) in [5.74, 6) is 0.961. The monoisotopic (exact) mass is 272 g/mol. The standard InChI is InChI=1S/C18H28N2/c1-2-6-16(5-1)15-19-11-14-20-12-9-17-7-3-4-8-18(17)10-13-20/h3-4,7-8,16,19H,1-2,5-6,9-15H2. The van der Waals surface area contributed by atoms with Crippen molar-refractivity contribution in [3.05, 3.63) is 35.4 Å². The lowest BCUT2D eigenvalue weighted by Gasteiger charge is -2.20. The van der Waals surface area contributed by atoms with Crippen molar-refractivity contribution in [1.29, 1.82) is 0 Å². The Morgan fingerprint density at radius 1 is 1.00 bits per heavy atom. The van der Waals surface area contributed by atoms with E-state index in [2.05, 4.69) is 34.5 Å². The second-order valence-corrected chi connectivity index (χ2v) is 6.46. The molecule has 2 nitrogen and oxygen atoms in total. The maximum atomic E-state index is 3.67. The van der Waals surface area contributed by atoms with Gasteiger partial charge in [0.05, 0.1) is 0 Å². The molecule has 0 saturated heterocycles. The van der Waals surface area contributed by atoms with Crippen molar-refractivity contribution in [2.45, 2.75) is 38.5 Å². The van der Waals surface area contributed by atoms with Crippen LogP contribution in [0.25, 0.3) is 0 Å². The predicted molar refractivity (Wildman–Crippen MR) is 85.1 cm³/mol. The average Bonchev–Trinajstić information content (AvgIpc) is 2.91. The molecule has 1 aromatic rings. The quantitative estimate of drug-likeness (QED) is 0.829. The lowest BCUT2D eigenvalue weighted by atomic mass is 10.0. The topological polar surface area (TPSA) is 15.3 Å². The highest BCUT2D eigenvalue weighted by Crippen LogP contribution is 2.23. The fourth-order valence-electron chi connectivity index (χ4n) is 3.70. The molecule has 1 aliphatic carbocycles. The molecule has 1 heterocycles. The summed E-state index contributed by atoms with van der Waals surface area (Å²) in [6.45, 7) is 6.06. The van der Waals surface area contributed by atoms with Gasteiger partial charge in [-0.2, -0.15) is 0 Å². The lowest BCUT2D eigenvalue weighted by Crippen LogP contribution is -2.35. The second kappa shape index (κ2) is 7.24. The number of fused-ring (bicyclic) bond motifs is 1. The molecule has 1 aliphatic heterocycles. The van der Waals surface area contributed by atoms with E-state index in [-0.39, 0.29) is 0 Å². The molecule has 0 atom stereocenters. The highest BCUT2D eigenvalue weighted by molar-refractivity contribution is 5.28. The van der Waals surface area contributed by atoms with Crippen LogP contribution in [-0.4, -0.2) is 37.6 Å². The van der Waals surface area contributed by atoms with Crippen molar-refractivity contribution < 1.29 is 0 Å². The molecule has 0 unspecified atom stereocenters. The van der Waals surface area contributed by atoms with Crippen molar-refractivity contribution in [2.75, 3.05) is 32.7 Å². The fraction of sp³-hybridized carbons (Fsp3) is 0.667. The molecule has 2 aliphatic rings. The summed E-state index contributed by atoms with van der Waals surface area (Å²) in [6.07, 6.45) is 8.25. The van der Waals surface area contributed by atoms with Crippen LogP contribution in [-0.2, 0) is 12.8 Å². The van der Waals surface area contributed by atoms with E-state index in [0.717, 1.165) is 12.5 Å². The molecular formula is C18H28N2. The van der Waals surface area contributed by atoms with E-state index in [4.69, 9.17) is 0 Å². The van der Waals surface area contributed by atoms with Crippen molar-refractivity contribution >= 4 is 0 Å². The second-order valence-electron chi connectivity index (χ2n) is 6.46. The SMILES string of the molecule is c1ccc2c(c1)CCN(CCNCC1CCCC1)CC2. The molecular weight excluding hydrogens is 244 g/mol. The number of nitrogens with zero attached hydrogens (tertiary/aromatic N) is 1. The van der Waals surface area contributed by atoms with Crippen LogP contribution in [0.5, 0.6) is 0 Å². The molecule has 0 amide bonds. The van der Waals surface area contributed by atoms with Crippen molar-refractivity contribution in [2.24, 2.45) is 5.92 Å². The molecule has 3 rings (SSSR count). The molecule has 20 heavy (non-hydrogen) atoms. The van der Waals surface area contributed by atoms with E-state index in [1.165, 1.54) is 64.7 Å². The first-order chi connectivity index (χ1) is 9.92. The van der Waals surface area contributed by atoms with Gasteiger partial charge in [0.15, 0.2) is 0 Å². The summed E-state index contributed by atoms with van der Waals surface area (Å²) in [4.78, 5) is 2.63. The Bertz CT molecular complexity index is 383. The van der Waals surface area contributed by atoms with Gasteiger partial charge in [-0.3, -0.25) is 0 Å². The Morgan fingerprint density at radius 3 is 2.30 bits per heavy atom. The van der Waals surface area contributed by atoms with E-state index < -0.39 is 0 Å². The molecule has 1 fully saturated rings. The summed E-state index contributed by atoms with van der Waals surface area (Å²) in [6, 6.07) is 8.96. The first kappa shape index (κ1) is 14.1. The summed E-state index contributed by atoms with van der Waals surface area (Å²) in [5.41, 5.74) is 3.13. The van der Waals surface area contributed by atoms with Gasteiger partial charge >= 0.3 is 0 Å². The lowest BCUT2D eigenvalue weighted by molar-refractivity contribution is 0.283. The zero-order chi connectivity index (χ0) is 13.6. The Balaban J connectivity index is 1.37. The van der Waals surface area contributed by atoms with Gasteiger partial charge in [0.2, 0.25) is 0 Å². The zero-order valence-corrected chi connectivity index (χ0v) is 12.6. The maximum Gasteiger partial charge on any atom is 0.0107 e. The Labute approximate surface area is 123 Å². The van der Waals surface area contributed by atoms with Crippen LogP contribution in [0.2, 0.25) is 0 Å². The first-order valence-electron chi connectivity index (χ1n) is 8.41. The predicted octanol–water partition coefficient (Wildman–Crippen LogP) is 2.87. The van der Waals surface area contributed by atoms with Crippen molar-refractivity contribution in [1.82, 2.24) is 10.2 Å². The third-order valence-electron chi connectivity index (χ3n) is 5.03. The summed E-state index contributed by atoms with van der Waals surface area (Å²) in [5, 5.41) is 3.67. The van der Waals surface area contributed by atoms with Crippen LogP contribution in [0, 0.1) is 5.92 Å². The average molecular weight is 272 g/mol. The highest BCUT2D eigenvalue weighted by Gasteiger charge is 2.15. The number of benzene rings is 1. The van der Waals surface area contributed by atoms with Crippen LogP contribution in [0.3, 0.4) is 0 Å². The third kappa shape index (κ3) is 3.83. The molecule has 0 aromatic heterocycles. The molecule has 1 saturated carbocycles. The largest absolute Gasteiger partial charge is 0.315 e. The molecule has 1 N–H and O–H groups in total. The van der Waals surface area contributed by atoms with Crippen LogP contribution >= 0.6 is 0 Å². The molecule has 110 valence electrons. The smallest absolute Gasteiger partial charge is 0.0107 e. The zero-order valence-electron chi connectivity index (χ0n) is 12.6. The first-order valence-corrected chi connectivity index (χ1v) is 8.41. The van der Waals surface area contributed by atoms with Gasteiger partial charge in [-0.1, -0.05) is 37.1 Å².